The van der Waals surface area contributed by atoms with Crippen molar-refractivity contribution in [2.75, 3.05) is 45.2 Å². The van der Waals surface area contributed by atoms with Gasteiger partial charge in [-0.25, -0.2) is 4.39 Å². The number of halogens is 1. The standard InChI is InChI=1S/C23H29FN4O3/c1-5-27(6-2)23-19(21(25-31-23)17-9-11-18(24)12-10-17)16-28(14-13-26(3)4)22(29)20-8-7-15-30-20/h7-12,15H,5-6,13-14,16H2,1-4H3. The number of likely N-dealkylation sites (N-methyl/N-ethyl adjacent to an activating group) is 1. The number of furan rings is 1. The summed E-state index contributed by atoms with van der Waals surface area (Å²) >= 11 is 0. The zero-order chi connectivity index (χ0) is 22.4. The van der Waals surface area contributed by atoms with Gasteiger partial charge in [0.1, 0.15) is 11.5 Å². The summed E-state index contributed by atoms with van der Waals surface area (Å²) in [6.07, 6.45) is 1.49. The molecule has 0 radical (unpaired) electrons. The molecule has 3 aromatic rings. The molecule has 0 unspecified atom stereocenters. The maximum Gasteiger partial charge on any atom is 0.289 e. The zero-order valence-corrected chi connectivity index (χ0v) is 18.5. The lowest BCUT2D eigenvalue weighted by Gasteiger charge is -2.25. The largest absolute Gasteiger partial charge is 0.459 e. The van der Waals surface area contributed by atoms with Crippen molar-refractivity contribution in [1.29, 1.82) is 0 Å². The van der Waals surface area contributed by atoms with Crippen LogP contribution in [0.3, 0.4) is 0 Å². The lowest BCUT2D eigenvalue weighted by Crippen LogP contribution is -2.36. The highest BCUT2D eigenvalue weighted by atomic mass is 19.1. The summed E-state index contributed by atoms with van der Waals surface area (Å²) in [5.74, 6) is 0.372. The van der Waals surface area contributed by atoms with Crippen molar-refractivity contribution < 1.29 is 18.1 Å². The molecule has 166 valence electrons. The number of nitrogens with zero attached hydrogens (tertiary/aromatic N) is 4. The van der Waals surface area contributed by atoms with E-state index in [2.05, 4.69) is 10.1 Å². The molecule has 0 fully saturated rings. The lowest BCUT2D eigenvalue weighted by molar-refractivity contribution is 0.0700. The fourth-order valence-corrected chi connectivity index (χ4v) is 3.36. The summed E-state index contributed by atoms with van der Waals surface area (Å²) in [7, 11) is 3.92. The minimum atomic E-state index is -0.321. The second kappa shape index (κ2) is 10.3. The second-order valence-corrected chi connectivity index (χ2v) is 7.50. The smallest absolute Gasteiger partial charge is 0.289 e. The highest BCUT2D eigenvalue weighted by Gasteiger charge is 2.27. The van der Waals surface area contributed by atoms with E-state index >= 15 is 0 Å². The Morgan fingerprint density at radius 2 is 1.77 bits per heavy atom. The zero-order valence-electron chi connectivity index (χ0n) is 18.5. The van der Waals surface area contributed by atoms with E-state index in [1.807, 2.05) is 32.8 Å². The van der Waals surface area contributed by atoms with E-state index in [1.165, 1.54) is 18.4 Å². The van der Waals surface area contributed by atoms with Gasteiger partial charge in [0.15, 0.2) is 5.76 Å². The average molecular weight is 429 g/mol. The van der Waals surface area contributed by atoms with Gasteiger partial charge in [0.2, 0.25) is 5.88 Å². The van der Waals surface area contributed by atoms with E-state index < -0.39 is 0 Å². The molecule has 0 N–H and O–H groups in total. The van der Waals surface area contributed by atoms with Crippen molar-refractivity contribution in [2.45, 2.75) is 20.4 Å². The molecule has 2 aromatic heterocycles. The maximum absolute atomic E-state index is 13.5. The molecule has 0 aliphatic heterocycles. The first kappa shape index (κ1) is 22.6. The van der Waals surface area contributed by atoms with Crippen LogP contribution in [-0.4, -0.2) is 61.1 Å². The lowest BCUT2D eigenvalue weighted by atomic mass is 10.1. The first-order chi connectivity index (χ1) is 14.9. The van der Waals surface area contributed by atoms with Crippen molar-refractivity contribution in [3.8, 4) is 11.3 Å². The van der Waals surface area contributed by atoms with Crippen molar-refractivity contribution in [2.24, 2.45) is 0 Å². The third-order valence-electron chi connectivity index (χ3n) is 5.12. The molecule has 3 rings (SSSR count). The van der Waals surface area contributed by atoms with Gasteiger partial charge >= 0.3 is 0 Å². The Hall–Kier alpha value is -3.13. The molecule has 8 heteroatoms. The predicted octanol–water partition coefficient (Wildman–Crippen LogP) is 4.12. The van der Waals surface area contributed by atoms with Gasteiger partial charge in [0.05, 0.1) is 18.4 Å². The first-order valence-electron chi connectivity index (χ1n) is 10.4. The molecular formula is C23H29FN4O3. The molecule has 0 aliphatic carbocycles. The van der Waals surface area contributed by atoms with Gasteiger partial charge in [-0.15, -0.1) is 0 Å². The molecule has 0 spiro atoms. The van der Waals surface area contributed by atoms with Gasteiger partial charge in [0.25, 0.3) is 5.91 Å². The molecule has 0 saturated carbocycles. The van der Waals surface area contributed by atoms with Crippen molar-refractivity contribution in [3.05, 3.63) is 59.8 Å². The van der Waals surface area contributed by atoms with E-state index in [4.69, 9.17) is 8.94 Å². The Morgan fingerprint density at radius 3 is 2.35 bits per heavy atom. The predicted molar refractivity (Wildman–Crippen MR) is 117 cm³/mol. The van der Waals surface area contributed by atoms with Crippen LogP contribution in [0.4, 0.5) is 10.3 Å². The number of carbonyl (C=O) groups excluding carboxylic acids is 1. The summed E-state index contributed by atoms with van der Waals surface area (Å²) in [4.78, 5) is 19.0. The van der Waals surface area contributed by atoms with Crippen LogP contribution in [0.5, 0.6) is 0 Å². The normalized spacial score (nSPS) is 11.2. The molecule has 0 bridgehead atoms. The van der Waals surface area contributed by atoms with Gasteiger partial charge in [0, 0.05) is 31.7 Å². The number of hydrogen-bond donors (Lipinski definition) is 0. The van der Waals surface area contributed by atoms with Crippen molar-refractivity contribution in [3.63, 3.8) is 0 Å². The fraction of sp³-hybridized carbons (Fsp3) is 0.391. The average Bonchev–Trinajstić information content (AvgIpc) is 3.43. The summed E-state index contributed by atoms with van der Waals surface area (Å²) in [6, 6.07) is 9.47. The number of hydrogen-bond acceptors (Lipinski definition) is 6. The van der Waals surface area contributed by atoms with Crippen LogP contribution >= 0.6 is 0 Å². The number of anilines is 1. The minimum Gasteiger partial charge on any atom is -0.459 e. The summed E-state index contributed by atoms with van der Waals surface area (Å²) in [5, 5.41) is 4.29. The second-order valence-electron chi connectivity index (χ2n) is 7.50. The Bertz CT molecular complexity index is 963. The van der Waals surface area contributed by atoms with Crippen molar-refractivity contribution in [1.82, 2.24) is 15.0 Å². The summed E-state index contributed by atoms with van der Waals surface area (Å²) in [6.45, 7) is 6.99. The van der Waals surface area contributed by atoms with E-state index in [0.717, 1.165) is 24.2 Å². The minimum absolute atomic E-state index is 0.205. The summed E-state index contributed by atoms with van der Waals surface area (Å²) < 4.78 is 24.6. The topological polar surface area (TPSA) is 66.0 Å². The highest BCUT2D eigenvalue weighted by molar-refractivity contribution is 5.91. The summed E-state index contributed by atoms with van der Waals surface area (Å²) in [5.41, 5.74) is 2.12. The molecule has 2 heterocycles. The molecule has 0 atom stereocenters. The number of amides is 1. The number of aromatic nitrogens is 1. The van der Waals surface area contributed by atoms with Gasteiger partial charge in [-0.05, 0) is 64.3 Å². The van der Waals surface area contributed by atoms with Gasteiger partial charge in [-0.3, -0.25) is 4.79 Å². The fourth-order valence-electron chi connectivity index (χ4n) is 3.36. The Labute approximate surface area is 182 Å². The molecule has 1 amide bonds. The van der Waals surface area contributed by atoms with Crippen LogP contribution in [0.1, 0.15) is 30.0 Å². The van der Waals surface area contributed by atoms with Crippen LogP contribution in [0.2, 0.25) is 0 Å². The van der Waals surface area contributed by atoms with Crippen LogP contribution in [0.15, 0.2) is 51.6 Å². The van der Waals surface area contributed by atoms with E-state index in [1.54, 1.807) is 29.2 Å². The van der Waals surface area contributed by atoms with Gasteiger partial charge < -0.3 is 23.6 Å². The number of rotatable bonds is 10. The van der Waals surface area contributed by atoms with Crippen LogP contribution < -0.4 is 4.90 Å². The highest BCUT2D eigenvalue weighted by Crippen LogP contribution is 2.33. The van der Waals surface area contributed by atoms with Crippen LogP contribution in [0.25, 0.3) is 11.3 Å². The van der Waals surface area contributed by atoms with Gasteiger partial charge in [-0.1, -0.05) is 5.16 Å². The number of benzene rings is 1. The van der Waals surface area contributed by atoms with Crippen LogP contribution in [-0.2, 0) is 6.54 Å². The Kier molecular flexibility index (Phi) is 7.46. The Morgan fingerprint density at radius 1 is 1.06 bits per heavy atom. The molecule has 0 aliphatic rings. The van der Waals surface area contributed by atoms with Gasteiger partial charge in [-0.2, -0.15) is 0 Å². The Balaban J connectivity index is 2.02. The SMILES string of the molecule is CCN(CC)c1onc(-c2ccc(F)cc2)c1CN(CCN(C)C)C(=O)c1ccco1. The monoisotopic (exact) mass is 428 g/mol. The molecule has 1 aromatic carbocycles. The molecule has 0 saturated heterocycles. The molecule has 7 nitrogen and oxygen atoms in total. The van der Waals surface area contributed by atoms with Crippen molar-refractivity contribution >= 4 is 11.8 Å². The maximum atomic E-state index is 13.5. The third kappa shape index (κ3) is 5.32. The van der Waals surface area contributed by atoms with E-state index in [-0.39, 0.29) is 24.0 Å². The van der Waals surface area contributed by atoms with E-state index in [9.17, 15) is 9.18 Å². The van der Waals surface area contributed by atoms with E-state index in [0.29, 0.717) is 24.7 Å². The molecule has 31 heavy (non-hydrogen) atoms. The first-order valence-corrected chi connectivity index (χ1v) is 10.4. The quantitative estimate of drug-likeness (QED) is 0.484. The number of carbonyl (C=O) groups is 1. The van der Waals surface area contributed by atoms with Crippen LogP contribution in [0, 0.1) is 5.82 Å². The molecular weight excluding hydrogens is 399 g/mol. The third-order valence-corrected chi connectivity index (χ3v) is 5.12.